The molecule has 1 fully saturated rings. The highest BCUT2D eigenvalue weighted by atomic mass is 19.1. The summed E-state index contributed by atoms with van der Waals surface area (Å²) in [6, 6.07) is 10.3. The molecule has 0 spiro atoms. The van der Waals surface area contributed by atoms with Crippen molar-refractivity contribution in [3.8, 4) is 0 Å². The summed E-state index contributed by atoms with van der Waals surface area (Å²) in [6.45, 7) is 3.74. The lowest BCUT2D eigenvalue weighted by Crippen LogP contribution is -2.30. The van der Waals surface area contributed by atoms with Crippen LogP contribution in [0.1, 0.15) is 18.9 Å². The second kappa shape index (κ2) is 4.09. The summed E-state index contributed by atoms with van der Waals surface area (Å²) in [6.07, 6.45) is 0.0484. The molecule has 1 nitrogen and oxygen atoms in total. The minimum absolute atomic E-state index is 0.0789. The molecule has 0 bridgehead atoms. The summed E-state index contributed by atoms with van der Waals surface area (Å²) in [5, 5.41) is 0. The van der Waals surface area contributed by atoms with Gasteiger partial charge in [0.05, 0.1) is 0 Å². The summed E-state index contributed by atoms with van der Waals surface area (Å²) < 4.78 is 13.2. The van der Waals surface area contributed by atoms with Gasteiger partial charge in [-0.1, -0.05) is 30.3 Å². The number of rotatable bonds is 2. The third-order valence-electron chi connectivity index (χ3n) is 3.02. The van der Waals surface area contributed by atoms with Crippen LogP contribution < -0.4 is 0 Å². The highest BCUT2D eigenvalue weighted by Gasteiger charge is 2.29. The average molecular weight is 193 g/mol. The van der Waals surface area contributed by atoms with Crippen molar-refractivity contribution in [1.82, 2.24) is 4.90 Å². The number of alkyl halides is 1. The highest BCUT2D eigenvalue weighted by Crippen LogP contribution is 2.22. The Labute approximate surface area is 84.5 Å². The molecule has 2 rings (SSSR count). The predicted molar refractivity (Wildman–Crippen MR) is 55.8 cm³/mol. The van der Waals surface area contributed by atoms with Crippen LogP contribution in [0.15, 0.2) is 30.3 Å². The number of hydrogen-bond donors (Lipinski definition) is 0. The fraction of sp³-hybridized carbons (Fsp3) is 0.500. The molecule has 1 aliphatic heterocycles. The van der Waals surface area contributed by atoms with Crippen LogP contribution in [0.3, 0.4) is 0 Å². The Hall–Kier alpha value is -0.890. The minimum atomic E-state index is -0.640. The van der Waals surface area contributed by atoms with Crippen molar-refractivity contribution >= 4 is 0 Å². The summed E-state index contributed by atoms with van der Waals surface area (Å²) >= 11 is 0. The molecule has 14 heavy (non-hydrogen) atoms. The van der Waals surface area contributed by atoms with Crippen molar-refractivity contribution in [2.24, 2.45) is 0 Å². The Balaban J connectivity index is 1.99. The van der Waals surface area contributed by atoms with E-state index in [1.54, 1.807) is 0 Å². The van der Waals surface area contributed by atoms with E-state index in [0.717, 1.165) is 13.1 Å². The van der Waals surface area contributed by atoms with Gasteiger partial charge < -0.3 is 0 Å². The second-order valence-corrected chi connectivity index (χ2v) is 4.00. The molecule has 0 saturated carbocycles. The van der Waals surface area contributed by atoms with Gasteiger partial charge in [0.1, 0.15) is 6.17 Å². The van der Waals surface area contributed by atoms with Crippen molar-refractivity contribution in [3.63, 3.8) is 0 Å². The van der Waals surface area contributed by atoms with E-state index in [0.29, 0.717) is 6.42 Å². The molecule has 1 aromatic carbocycles. The van der Waals surface area contributed by atoms with Crippen LogP contribution in [-0.2, 0) is 6.54 Å². The van der Waals surface area contributed by atoms with Crippen LogP contribution in [0.25, 0.3) is 0 Å². The van der Waals surface area contributed by atoms with E-state index in [1.165, 1.54) is 5.56 Å². The van der Waals surface area contributed by atoms with E-state index in [9.17, 15) is 4.39 Å². The van der Waals surface area contributed by atoms with E-state index < -0.39 is 6.17 Å². The van der Waals surface area contributed by atoms with E-state index >= 15 is 0 Å². The maximum Gasteiger partial charge on any atom is 0.117 e. The van der Waals surface area contributed by atoms with Crippen LogP contribution in [0, 0.1) is 0 Å². The third-order valence-corrected chi connectivity index (χ3v) is 3.02. The lowest BCUT2D eigenvalue weighted by Gasteiger charge is -2.21. The van der Waals surface area contributed by atoms with E-state index in [4.69, 9.17) is 0 Å². The number of halogens is 1. The standard InChI is InChI=1S/C12H16FN/c1-10-12(13)7-8-14(10)9-11-5-3-2-4-6-11/h2-6,10,12H,7-9H2,1H3. The van der Waals surface area contributed by atoms with Gasteiger partial charge in [0.25, 0.3) is 0 Å². The summed E-state index contributed by atoms with van der Waals surface area (Å²) in [5.41, 5.74) is 1.27. The van der Waals surface area contributed by atoms with Crippen LogP contribution in [0.5, 0.6) is 0 Å². The molecule has 1 heterocycles. The molecule has 1 saturated heterocycles. The van der Waals surface area contributed by atoms with Gasteiger partial charge in [0.2, 0.25) is 0 Å². The van der Waals surface area contributed by atoms with Gasteiger partial charge in [-0.15, -0.1) is 0 Å². The van der Waals surface area contributed by atoms with Crippen LogP contribution in [0.4, 0.5) is 4.39 Å². The van der Waals surface area contributed by atoms with E-state index in [-0.39, 0.29) is 6.04 Å². The topological polar surface area (TPSA) is 3.24 Å². The Bertz CT molecular complexity index is 286. The molecule has 2 unspecified atom stereocenters. The lowest BCUT2D eigenvalue weighted by molar-refractivity contribution is 0.202. The molecule has 2 heteroatoms. The van der Waals surface area contributed by atoms with Gasteiger partial charge in [0, 0.05) is 19.1 Å². The monoisotopic (exact) mass is 193 g/mol. The first-order valence-electron chi connectivity index (χ1n) is 5.19. The normalized spacial score (nSPS) is 28.1. The summed E-state index contributed by atoms with van der Waals surface area (Å²) in [7, 11) is 0. The Kier molecular flexibility index (Phi) is 2.82. The zero-order chi connectivity index (χ0) is 9.97. The Morgan fingerprint density at radius 1 is 1.36 bits per heavy atom. The van der Waals surface area contributed by atoms with Crippen molar-refractivity contribution in [1.29, 1.82) is 0 Å². The first-order valence-corrected chi connectivity index (χ1v) is 5.19. The molecule has 2 atom stereocenters. The maximum atomic E-state index is 13.2. The highest BCUT2D eigenvalue weighted by molar-refractivity contribution is 5.14. The molecule has 0 aromatic heterocycles. The van der Waals surface area contributed by atoms with E-state index in [1.807, 2.05) is 25.1 Å². The quantitative estimate of drug-likeness (QED) is 0.698. The zero-order valence-corrected chi connectivity index (χ0v) is 8.49. The van der Waals surface area contributed by atoms with Crippen molar-refractivity contribution in [2.75, 3.05) is 6.54 Å². The first kappa shape index (κ1) is 9.66. The number of benzene rings is 1. The van der Waals surface area contributed by atoms with Crippen molar-refractivity contribution < 1.29 is 4.39 Å². The predicted octanol–water partition coefficient (Wildman–Crippen LogP) is 2.62. The van der Waals surface area contributed by atoms with Gasteiger partial charge in [-0.05, 0) is 18.9 Å². The van der Waals surface area contributed by atoms with Crippen molar-refractivity contribution in [3.05, 3.63) is 35.9 Å². The lowest BCUT2D eigenvalue weighted by atomic mass is 10.2. The maximum absolute atomic E-state index is 13.2. The van der Waals surface area contributed by atoms with Crippen molar-refractivity contribution in [2.45, 2.75) is 32.1 Å². The largest absolute Gasteiger partial charge is 0.293 e. The SMILES string of the molecule is CC1C(F)CCN1Cc1ccccc1. The van der Waals surface area contributed by atoms with Gasteiger partial charge in [-0.2, -0.15) is 0 Å². The number of likely N-dealkylation sites (tertiary alicyclic amines) is 1. The molecule has 0 amide bonds. The molecule has 1 aromatic rings. The van der Waals surface area contributed by atoms with E-state index in [2.05, 4.69) is 17.0 Å². The number of nitrogens with zero attached hydrogens (tertiary/aromatic N) is 1. The van der Waals surface area contributed by atoms with Crippen LogP contribution in [0.2, 0.25) is 0 Å². The third kappa shape index (κ3) is 1.95. The molecular formula is C12H16FN. The fourth-order valence-electron chi connectivity index (χ4n) is 2.00. The Morgan fingerprint density at radius 3 is 2.64 bits per heavy atom. The molecule has 0 radical (unpaired) electrons. The second-order valence-electron chi connectivity index (χ2n) is 4.00. The van der Waals surface area contributed by atoms with Gasteiger partial charge in [-0.25, -0.2) is 4.39 Å². The molecule has 0 aliphatic carbocycles. The van der Waals surface area contributed by atoms with Crippen LogP contribution >= 0.6 is 0 Å². The summed E-state index contributed by atoms with van der Waals surface area (Å²) in [5.74, 6) is 0. The average Bonchev–Trinajstić information content (AvgIpc) is 2.52. The smallest absolute Gasteiger partial charge is 0.117 e. The zero-order valence-electron chi connectivity index (χ0n) is 8.49. The first-order chi connectivity index (χ1) is 6.77. The summed E-state index contributed by atoms with van der Waals surface area (Å²) in [4.78, 5) is 2.21. The van der Waals surface area contributed by atoms with Gasteiger partial charge in [0.15, 0.2) is 0 Å². The molecular weight excluding hydrogens is 177 g/mol. The fourth-order valence-corrected chi connectivity index (χ4v) is 2.00. The minimum Gasteiger partial charge on any atom is -0.293 e. The molecule has 76 valence electrons. The van der Waals surface area contributed by atoms with Gasteiger partial charge >= 0.3 is 0 Å². The Morgan fingerprint density at radius 2 is 2.07 bits per heavy atom. The number of hydrogen-bond acceptors (Lipinski definition) is 1. The van der Waals surface area contributed by atoms with Crippen LogP contribution in [-0.4, -0.2) is 23.7 Å². The molecule has 0 N–H and O–H groups in total. The van der Waals surface area contributed by atoms with Gasteiger partial charge in [-0.3, -0.25) is 4.90 Å². The molecule has 1 aliphatic rings.